The van der Waals surface area contributed by atoms with Crippen molar-refractivity contribution < 1.29 is 9.84 Å². The molecule has 0 radical (unpaired) electrons. The van der Waals surface area contributed by atoms with Crippen LogP contribution >= 0.6 is 0 Å². The molecule has 1 saturated heterocycles. The quantitative estimate of drug-likeness (QED) is 0.814. The number of rotatable bonds is 6. The summed E-state index contributed by atoms with van der Waals surface area (Å²) in [5.74, 6) is 0.329. The molecule has 1 N–H and O–H groups in total. The van der Waals surface area contributed by atoms with Gasteiger partial charge in [0, 0.05) is 13.1 Å². The van der Waals surface area contributed by atoms with Gasteiger partial charge in [0.05, 0.1) is 24.6 Å². The van der Waals surface area contributed by atoms with Crippen molar-refractivity contribution >= 4 is 11.4 Å². The van der Waals surface area contributed by atoms with E-state index in [1.54, 1.807) is 12.1 Å². The molecule has 0 aliphatic carbocycles. The van der Waals surface area contributed by atoms with E-state index in [0.717, 1.165) is 62.6 Å². The monoisotopic (exact) mass is 325 g/mol. The number of phenols is 1. The maximum absolute atomic E-state index is 10.1. The summed E-state index contributed by atoms with van der Waals surface area (Å²) in [6, 6.07) is 15.0. The average Bonchev–Trinajstić information content (AvgIpc) is 2.64. The van der Waals surface area contributed by atoms with Gasteiger partial charge in [-0.1, -0.05) is 18.2 Å². The van der Waals surface area contributed by atoms with Crippen LogP contribution in [0.25, 0.3) is 0 Å². The first-order valence-corrected chi connectivity index (χ1v) is 8.40. The number of phenolic OH excluding ortho intramolecular Hbond substituents is 1. The summed E-state index contributed by atoms with van der Waals surface area (Å²) < 4.78 is 5.36. The number of morpholine rings is 1. The molecule has 2 aromatic carbocycles. The van der Waals surface area contributed by atoms with Gasteiger partial charge in [0.15, 0.2) is 0 Å². The Kier molecular flexibility index (Phi) is 5.93. The summed E-state index contributed by atoms with van der Waals surface area (Å²) in [5.41, 5.74) is 2.50. The third kappa shape index (κ3) is 4.88. The number of nitrogens with zero attached hydrogens (tertiary/aromatic N) is 3. The average molecular weight is 325 g/mol. The van der Waals surface area contributed by atoms with Crippen molar-refractivity contribution in [3.8, 4) is 5.75 Å². The van der Waals surface area contributed by atoms with Gasteiger partial charge in [-0.15, -0.1) is 0 Å². The van der Waals surface area contributed by atoms with E-state index in [1.165, 1.54) is 0 Å². The van der Waals surface area contributed by atoms with Crippen LogP contribution in [0, 0.1) is 0 Å². The molecule has 126 valence electrons. The maximum Gasteiger partial charge on any atom is 0.118 e. The summed E-state index contributed by atoms with van der Waals surface area (Å²) in [4.78, 5) is 2.40. The van der Waals surface area contributed by atoms with Crippen LogP contribution in [0.5, 0.6) is 5.75 Å². The van der Waals surface area contributed by atoms with E-state index >= 15 is 0 Å². The molecule has 2 aromatic rings. The third-order valence-corrected chi connectivity index (χ3v) is 4.12. The fourth-order valence-corrected chi connectivity index (χ4v) is 2.76. The molecule has 1 heterocycles. The molecule has 0 bridgehead atoms. The van der Waals surface area contributed by atoms with Crippen molar-refractivity contribution in [1.29, 1.82) is 0 Å². The molecular formula is C19H23N3O2. The molecule has 1 aliphatic rings. The van der Waals surface area contributed by atoms with Crippen LogP contribution in [-0.4, -0.2) is 42.9 Å². The molecular weight excluding hydrogens is 302 g/mol. The summed E-state index contributed by atoms with van der Waals surface area (Å²) in [6.07, 6.45) is 1.84. The van der Waals surface area contributed by atoms with Crippen LogP contribution in [0.3, 0.4) is 0 Å². The standard InChI is InChI=1S/C19H23N3O2/c23-19-9-8-18(21-20-17-6-2-1-3-7-17)15-16(19)5-4-10-22-11-13-24-14-12-22/h1-3,6-9,15,23H,4-5,10-14H2. The molecule has 0 spiro atoms. The van der Waals surface area contributed by atoms with Crippen LogP contribution < -0.4 is 0 Å². The van der Waals surface area contributed by atoms with Crippen LogP contribution in [-0.2, 0) is 11.2 Å². The van der Waals surface area contributed by atoms with E-state index < -0.39 is 0 Å². The minimum Gasteiger partial charge on any atom is -0.508 e. The number of benzene rings is 2. The molecule has 1 aliphatic heterocycles. The van der Waals surface area contributed by atoms with Crippen LogP contribution in [0.15, 0.2) is 58.8 Å². The predicted molar refractivity (Wildman–Crippen MR) is 94.3 cm³/mol. The molecule has 0 unspecified atom stereocenters. The lowest BCUT2D eigenvalue weighted by atomic mass is 10.1. The first kappa shape index (κ1) is 16.6. The lowest BCUT2D eigenvalue weighted by Gasteiger charge is -2.26. The highest BCUT2D eigenvalue weighted by Gasteiger charge is 2.10. The number of aromatic hydroxyl groups is 1. The van der Waals surface area contributed by atoms with E-state index in [2.05, 4.69) is 15.1 Å². The minimum absolute atomic E-state index is 0.329. The van der Waals surface area contributed by atoms with Gasteiger partial charge in [-0.25, -0.2) is 0 Å². The Hall–Kier alpha value is -2.24. The molecule has 24 heavy (non-hydrogen) atoms. The summed E-state index contributed by atoms with van der Waals surface area (Å²) >= 11 is 0. The second-order valence-electron chi connectivity index (χ2n) is 5.91. The van der Waals surface area contributed by atoms with Crippen molar-refractivity contribution in [2.45, 2.75) is 12.8 Å². The zero-order valence-corrected chi connectivity index (χ0v) is 13.8. The Balaban J connectivity index is 1.58. The molecule has 5 nitrogen and oxygen atoms in total. The van der Waals surface area contributed by atoms with E-state index in [4.69, 9.17) is 4.74 Å². The summed E-state index contributed by atoms with van der Waals surface area (Å²) in [7, 11) is 0. The Morgan fingerprint density at radius 2 is 1.71 bits per heavy atom. The highest BCUT2D eigenvalue weighted by molar-refractivity contribution is 5.47. The lowest BCUT2D eigenvalue weighted by Crippen LogP contribution is -2.36. The van der Waals surface area contributed by atoms with Gasteiger partial charge in [-0.2, -0.15) is 10.2 Å². The molecule has 0 aromatic heterocycles. The van der Waals surface area contributed by atoms with Crippen molar-refractivity contribution in [2.24, 2.45) is 10.2 Å². The van der Waals surface area contributed by atoms with E-state index in [9.17, 15) is 5.11 Å². The van der Waals surface area contributed by atoms with E-state index in [-0.39, 0.29) is 0 Å². The second kappa shape index (κ2) is 8.57. The van der Waals surface area contributed by atoms with Crippen LogP contribution in [0.2, 0.25) is 0 Å². The normalized spacial score (nSPS) is 15.8. The first-order valence-electron chi connectivity index (χ1n) is 8.40. The lowest BCUT2D eigenvalue weighted by molar-refractivity contribution is 0.0374. The topological polar surface area (TPSA) is 57.4 Å². The van der Waals surface area contributed by atoms with Gasteiger partial charge in [0.1, 0.15) is 5.75 Å². The Labute approximate surface area is 142 Å². The van der Waals surface area contributed by atoms with Gasteiger partial charge in [0.25, 0.3) is 0 Å². The van der Waals surface area contributed by atoms with Gasteiger partial charge < -0.3 is 9.84 Å². The number of aryl methyl sites for hydroxylation is 1. The number of hydrogen-bond acceptors (Lipinski definition) is 5. The fraction of sp³-hybridized carbons (Fsp3) is 0.368. The molecule has 3 rings (SSSR count). The van der Waals surface area contributed by atoms with Crippen LogP contribution in [0.1, 0.15) is 12.0 Å². The third-order valence-electron chi connectivity index (χ3n) is 4.12. The van der Waals surface area contributed by atoms with Crippen molar-refractivity contribution in [3.63, 3.8) is 0 Å². The fourth-order valence-electron chi connectivity index (χ4n) is 2.76. The number of ether oxygens (including phenoxy) is 1. The highest BCUT2D eigenvalue weighted by Crippen LogP contribution is 2.26. The molecule has 1 fully saturated rings. The SMILES string of the molecule is Oc1ccc(N=Nc2ccccc2)cc1CCCN1CCOCC1. The minimum atomic E-state index is 0.329. The van der Waals surface area contributed by atoms with Crippen molar-refractivity contribution in [1.82, 2.24) is 4.90 Å². The first-order chi connectivity index (χ1) is 11.8. The Morgan fingerprint density at radius 3 is 2.50 bits per heavy atom. The van der Waals surface area contributed by atoms with E-state index in [1.807, 2.05) is 36.4 Å². The smallest absolute Gasteiger partial charge is 0.118 e. The molecule has 0 atom stereocenters. The van der Waals surface area contributed by atoms with Crippen molar-refractivity contribution in [3.05, 3.63) is 54.1 Å². The van der Waals surface area contributed by atoms with Crippen molar-refractivity contribution in [2.75, 3.05) is 32.8 Å². The summed E-state index contributed by atoms with van der Waals surface area (Å²) in [6.45, 7) is 4.66. The Morgan fingerprint density at radius 1 is 0.958 bits per heavy atom. The highest BCUT2D eigenvalue weighted by atomic mass is 16.5. The van der Waals surface area contributed by atoms with E-state index in [0.29, 0.717) is 5.75 Å². The molecule has 5 heteroatoms. The zero-order valence-electron chi connectivity index (χ0n) is 13.8. The predicted octanol–water partition coefficient (Wildman–Crippen LogP) is 4.07. The summed E-state index contributed by atoms with van der Waals surface area (Å²) in [5, 5.41) is 18.5. The number of azo groups is 1. The maximum atomic E-state index is 10.1. The van der Waals surface area contributed by atoms with Gasteiger partial charge >= 0.3 is 0 Å². The van der Waals surface area contributed by atoms with Gasteiger partial charge in [-0.3, -0.25) is 4.90 Å². The molecule has 0 saturated carbocycles. The van der Waals surface area contributed by atoms with Gasteiger partial charge in [-0.05, 0) is 55.3 Å². The zero-order chi connectivity index (χ0) is 16.6. The molecule has 0 amide bonds. The van der Waals surface area contributed by atoms with Gasteiger partial charge in [0.2, 0.25) is 0 Å². The number of hydrogen-bond donors (Lipinski definition) is 1. The Bertz CT molecular complexity index is 668. The second-order valence-corrected chi connectivity index (χ2v) is 5.91. The largest absolute Gasteiger partial charge is 0.508 e. The van der Waals surface area contributed by atoms with Crippen LogP contribution in [0.4, 0.5) is 11.4 Å².